The number of aryl methyl sites for hydroxylation is 1. The number of para-hydroxylation sites is 1. The summed E-state index contributed by atoms with van der Waals surface area (Å²) in [6.07, 6.45) is 2.11. The van der Waals surface area contributed by atoms with Gasteiger partial charge in [-0.2, -0.15) is 4.98 Å². The van der Waals surface area contributed by atoms with Gasteiger partial charge in [-0.1, -0.05) is 19.1 Å². The Morgan fingerprint density at radius 1 is 1.23 bits per heavy atom. The van der Waals surface area contributed by atoms with Gasteiger partial charge in [0, 0.05) is 30.2 Å². The van der Waals surface area contributed by atoms with Crippen molar-refractivity contribution >= 4 is 22.5 Å². The Morgan fingerprint density at radius 3 is 2.65 bits per heavy atom. The number of benzene rings is 1. The molecule has 2 aromatic heterocycles. The fraction of sp³-hybridized carbons (Fsp3) is 0.450. The number of carbonyl (C=O) groups excluding carboxylic acids is 1. The number of nitrogens with zero attached hydrogens (tertiary/aromatic N) is 4. The van der Waals surface area contributed by atoms with Gasteiger partial charge < -0.3 is 4.90 Å². The van der Waals surface area contributed by atoms with E-state index in [0.29, 0.717) is 11.6 Å². The fourth-order valence-electron chi connectivity index (χ4n) is 3.99. The lowest BCUT2D eigenvalue weighted by Crippen LogP contribution is -2.42. The standard InChI is InChI=1S/C20H24N4O2/c1-13-8-10-22(11-9-13)20(26)15(3)24-17-7-5-4-6-16(17)19-21-18(25)12-14(2)23(19)24/h4-7,12-13,15H,8-11H2,1-3H3. The van der Waals surface area contributed by atoms with Gasteiger partial charge >= 0.3 is 0 Å². The number of aromatic nitrogens is 3. The highest BCUT2D eigenvalue weighted by molar-refractivity contribution is 5.94. The van der Waals surface area contributed by atoms with Crippen molar-refractivity contribution in [2.24, 2.45) is 5.92 Å². The van der Waals surface area contributed by atoms with Crippen LogP contribution in [-0.2, 0) is 4.79 Å². The molecule has 1 aliphatic rings. The highest BCUT2D eigenvalue weighted by Gasteiger charge is 2.28. The molecule has 6 nitrogen and oxygen atoms in total. The second-order valence-electron chi connectivity index (χ2n) is 7.42. The number of fused-ring (bicyclic) bond motifs is 3. The third-order valence-corrected chi connectivity index (χ3v) is 5.51. The average molecular weight is 352 g/mol. The largest absolute Gasteiger partial charge is 0.341 e. The molecule has 6 heteroatoms. The van der Waals surface area contributed by atoms with Crippen LogP contribution in [0.1, 0.15) is 38.4 Å². The van der Waals surface area contributed by atoms with Gasteiger partial charge in [0.1, 0.15) is 6.04 Å². The van der Waals surface area contributed by atoms with E-state index in [1.165, 1.54) is 6.07 Å². The first-order valence-electron chi connectivity index (χ1n) is 9.26. The molecule has 0 N–H and O–H groups in total. The van der Waals surface area contributed by atoms with Crippen LogP contribution in [0.15, 0.2) is 35.1 Å². The van der Waals surface area contributed by atoms with E-state index < -0.39 is 0 Å². The number of carbonyl (C=O) groups is 1. The summed E-state index contributed by atoms with van der Waals surface area (Å²) in [7, 11) is 0. The first kappa shape index (κ1) is 16.8. The van der Waals surface area contributed by atoms with Crippen molar-refractivity contribution < 1.29 is 4.79 Å². The minimum atomic E-state index is -0.367. The van der Waals surface area contributed by atoms with E-state index in [-0.39, 0.29) is 17.5 Å². The van der Waals surface area contributed by atoms with Crippen LogP contribution >= 0.6 is 0 Å². The van der Waals surface area contributed by atoms with Crippen LogP contribution < -0.4 is 5.56 Å². The van der Waals surface area contributed by atoms with E-state index in [1.807, 2.05) is 52.2 Å². The third kappa shape index (κ3) is 2.60. The Bertz CT molecular complexity index is 1040. The minimum Gasteiger partial charge on any atom is -0.341 e. The highest BCUT2D eigenvalue weighted by Crippen LogP contribution is 2.27. The zero-order chi connectivity index (χ0) is 18.4. The maximum atomic E-state index is 13.2. The lowest BCUT2D eigenvalue weighted by molar-refractivity contribution is -0.135. The highest BCUT2D eigenvalue weighted by atomic mass is 16.2. The third-order valence-electron chi connectivity index (χ3n) is 5.51. The normalized spacial score (nSPS) is 17.1. The molecule has 1 unspecified atom stereocenters. The first-order chi connectivity index (χ1) is 12.5. The molecule has 0 saturated carbocycles. The van der Waals surface area contributed by atoms with Crippen LogP contribution in [0.5, 0.6) is 0 Å². The van der Waals surface area contributed by atoms with Crippen molar-refractivity contribution in [3.63, 3.8) is 0 Å². The van der Waals surface area contributed by atoms with Crippen molar-refractivity contribution in [2.75, 3.05) is 13.1 Å². The molecule has 1 aliphatic heterocycles. The van der Waals surface area contributed by atoms with Crippen molar-refractivity contribution in [3.8, 4) is 0 Å². The maximum absolute atomic E-state index is 13.2. The van der Waals surface area contributed by atoms with E-state index in [4.69, 9.17) is 0 Å². The molecule has 136 valence electrons. The molecular weight excluding hydrogens is 328 g/mol. The molecule has 0 aliphatic carbocycles. The van der Waals surface area contributed by atoms with Crippen LogP contribution in [0.3, 0.4) is 0 Å². The Morgan fingerprint density at radius 2 is 1.92 bits per heavy atom. The van der Waals surface area contributed by atoms with Gasteiger partial charge in [-0.25, -0.2) is 4.52 Å². The molecule has 1 fully saturated rings. The van der Waals surface area contributed by atoms with Crippen LogP contribution in [0, 0.1) is 12.8 Å². The number of hydrogen-bond donors (Lipinski definition) is 0. The number of piperidine rings is 1. The van der Waals surface area contributed by atoms with Crippen LogP contribution in [0.25, 0.3) is 16.6 Å². The van der Waals surface area contributed by atoms with Gasteiger partial charge in [-0.05, 0) is 44.7 Å². The summed E-state index contributed by atoms with van der Waals surface area (Å²) in [5, 5.41) is 0.889. The summed E-state index contributed by atoms with van der Waals surface area (Å²) in [6.45, 7) is 7.68. The van der Waals surface area contributed by atoms with Crippen molar-refractivity contribution in [1.29, 1.82) is 0 Å². The molecule has 3 heterocycles. The summed E-state index contributed by atoms with van der Waals surface area (Å²) in [5.41, 5.74) is 2.05. The SMILES string of the molecule is Cc1cc(=O)nc2c3ccccc3n(C(C)C(=O)N3CCC(C)CC3)n12. The fourth-order valence-corrected chi connectivity index (χ4v) is 3.99. The molecule has 1 aromatic carbocycles. The van der Waals surface area contributed by atoms with Gasteiger partial charge in [-0.3, -0.25) is 14.3 Å². The van der Waals surface area contributed by atoms with Crippen LogP contribution in [-0.4, -0.2) is 38.1 Å². The Balaban J connectivity index is 1.87. The van der Waals surface area contributed by atoms with Crippen molar-refractivity contribution in [2.45, 2.75) is 39.7 Å². The number of likely N-dealkylation sites (tertiary alicyclic amines) is 1. The molecule has 0 bridgehead atoms. The number of amides is 1. The van der Waals surface area contributed by atoms with Gasteiger partial charge in [-0.15, -0.1) is 0 Å². The molecule has 1 amide bonds. The van der Waals surface area contributed by atoms with E-state index in [1.54, 1.807) is 0 Å². The van der Waals surface area contributed by atoms with E-state index in [9.17, 15) is 9.59 Å². The lowest BCUT2D eigenvalue weighted by Gasteiger charge is -2.32. The molecular formula is C20H24N4O2. The minimum absolute atomic E-state index is 0.123. The number of rotatable bonds is 2. The summed E-state index contributed by atoms with van der Waals surface area (Å²) < 4.78 is 3.88. The first-order valence-corrected chi connectivity index (χ1v) is 9.26. The van der Waals surface area contributed by atoms with Crippen LogP contribution in [0.2, 0.25) is 0 Å². The number of hydrogen-bond acceptors (Lipinski definition) is 3. The molecule has 0 spiro atoms. The Kier molecular flexibility index (Phi) is 4.05. The zero-order valence-electron chi connectivity index (χ0n) is 15.5. The second-order valence-corrected chi connectivity index (χ2v) is 7.42. The molecule has 1 atom stereocenters. The Labute approximate surface area is 152 Å². The van der Waals surface area contributed by atoms with Crippen molar-refractivity contribution in [1.82, 2.24) is 19.1 Å². The molecule has 1 saturated heterocycles. The van der Waals surface area contributed by atoms with E-state index >= 15 is 0 Å². The maximum Gasteiger partial charge on any atom is 0.273 e. The average Bonchev–Trinajstić information content (AvgIpc) is 2.96. The van der Waals surface area contributed by atoms with Gasteiger partial charge in [0.15, 0.2) is 5.65 Å². The van der Waals surface area contributed by atoms with Gasteiger partial charge in [0.25, 0.3) is 5.56 Å². The topological polar surface area (TPSA) is 59.6 Å². The predicted octanol–water partition coefficient (Wildman–Crippen LogP) is 2.78. The van der Waals surface area contributed by atoms with E-state index in [2.05, 4.69) is 11.9 Å². The second kappa shape index (κ2) is 6.27. The molecule has 26 heavy (non-hydrogen) atoms. The lowest BCUT2D eigenvalue weighted by atomic mass is 9.99. The Hall–Kier alpha value is -2.63. The van der Waals surface area contributed by atoms with Gasteiger partial charge in [0.05, 0.1) is 5.52 Å². The molecule has 0 radical (unpaired) electrons. The summed E-state index contributed by atoms with van der Waals surface area (Å²) in [4.78, 5) is 31.3. The predicted molar refractivity (Wildman–Crippen MR) is 101 cm³/mol. The van der Waals surface area contributed by atoms with E-state index in [0.717, 1.165) is 42.5 Å². The van der Waals surface area contributed by atoms with Gasteiger partial charge in [0.2, 0.25) is 5.91 Å². The quantitative estimate of drug-likeness (QED) is 0.712. The monoisotopic (exact) mass is 352 g/mol. The van der Waals surface area contributed by atoms with Crippen molar-refractivity contribution in [3.05, 3.63) is 46.4 Å². The summed E-state index contributed by atoms with van der Waals surface area (Å²) in [5.74, 6) is 0.802. The summed E-state index contributed by atoms with van der Waals surface area (Å²) in [6, 6.07) is 8.96. The van der Waals surface area contributed by atoms with Crippen LogP contribution in [0.4, 0.5) is 0 Å². The summed E-state index contributed by atoms with van der Waals surface area (Å²) >= 11 is 0. The molecule has 4 rings (SSSR count). The smallest absolute Gasteiger partial charge is 0.273 e. The molecule has 3 aromatic rings. The zero-order valence-corrected chi connectivity index (χ0v) is 15.5.